The summed E-state index contributed by atoms with van der Waals surface area (Å²) in [7, 11) is 0. The van der Waals surface area contributed by atoms with E-state index < -0.39 is 22.9 Å². The van der Waals surface area contributed by atoms with Crippen LogP contribution >= 0.6 is 11.3 Å². The highest BCUT2D eigenvalue weighted by atomic mass is 32.1. The third-order valence-corrected chi connectivity index (χ3v) is 5.14. The van der Waals surface area contributed by atoms with Gasteiger partial charge in [0, 0.05) is 5.71 Å². The van der Waals surface area contributed by atoms with E-state index in [0.29, 0.717) is 11.3 Å². The van der Waals surface area contributed by atoms with Crippen molar-refractivity contribution in [2.24, 2.45) is 11.0 Å². The lowest BCUT2D eigenvalue weighted by Crippen LogP contribution is -2.27. The highest BCUT2D eigenvalue weighted by Gasteiger charge is 2.37. The molecule has 0 spiro atoms. The van der Waals surface area contributed by atoms with Crippen LogP contribution in [0.15, 0.2) is 33.5 Å². The standard InChI is InChI=1S/C17H14F3N3OS/c1-10-4-2-5-13(10)22-23-14(15-6-3-7-25-15)8-12(17(18,19)20)11(9-21)16(23)24/h3,6-8,10H,2,4-5H2,1H3. The number of hydrogen-bond acceptors (Lipinski definition) is 4. The molecule has 1 aliphatic rings. The summed E-state index contributed by atoms with van der Waals surface area (Å²) in [5.74, 6) is 0.163. The van der Waals surface area contributed by atoms with Crippen molar-refractivity contribution in [3.63, 3.8) is 0 Å². The van der Waals surface area contributed by atoms with Gasteiger partial charge in [0.2, 0.25) is 0 Å². The molecule has 1 saturated carbocycles. The molecule has 0 amide bonds. The van der Waals surface area contributed by atoms with Crippen molar-refractivity contribution >= 4 is 17.0 Å². The van der Waals surface area contributed by atoms with E-state index in [2.05, 4.69) is 5.10 Å². The van der Waals surface area contributed by atoms with Crippen molar-refractivity contribution in [3.05, 3.63) is 45.1 Å². The van der Waals surface area contributed by atoms with Crippen LogP contribution in [0.3, 0.4) is 0 Å². The Labute approximate surface area is 145 Å². The van der Waals surface area contributed by atoms with Gasteiger partial charge in [-0.15, -0.1) is 11.3 Å². The number of nitriles is 1. The molecule has 0 saturated heterocycles. The Morgan fingerprint density at radius 2 is 2.20 bits per heavy atom. The van der Waals surface area contributed by atoms with Crippen molar-refractivity contribution in [1.82, 2.24) is 4.68 Å². The quantitative estimate of drug-likeness (QED) is 0.787. The summed E-state index contributed by atoms with van der Waals surface area (Å²) in [6.07, 6.45) is -2.24. The average Bonchev–Trinajstić information content (AvgIpc) is 3.20. The van der Waals surface area contributed by atoms with E-state index in [1.54, 1.807) is 17.5 Å². The van der Waals surface area contributed by atoms with Crippen LogP contribution in [0.5, 0.6) is 0 Å². The number of pyridine rings is 1. The number of nitrogens with zero attached hydrogens (tertiary/aromatic N) is 3. The molecule has 0 aliphatic heterocycles. The Hall–Kier alpha value is -2.40. The van der Waals surface area contributed by atoms with Gasteiger partial charge in [0.15, 0.2) is 0 Å². The Balaban J connectivity index is 2.33. The summed E-state index contributed by atoms with van der Waals surface area (Å²) in [6, 6.07) is 5.55. The van der Waals surface area contributed by atoms with Crippen LogP contribution in [0.1, 0.15) is 37.3 Å². The van der Waals surface area contributed by atoms with Gasteiger partial charge >= 0.3 is 6.18 Å². The molecule has 2 aromatic heterocycles. The van der Waals surface area contributed by atoms with Gasteiger partial charge in [-0.25, -0.2) is 0 Å². The Morgan fingerprint density at radius 3 is 2.72 bits per heavy atom. The molecule has 8 heteroatoms. The van der Waals surface area contributed by atoms with Crippen LogP contribution in [-0.4, -0.2) is 10.4 Å². The molecule has 0 N–H and O–H groups in total. The lowest BCUT2D eigenvalue weighted by Gasteiger charge is -2.14. The number of thiophene rings is 1. The second kappa shape index (κ2) is 6.48. The lowest BCUT2D eigenvalue weighted by molar-refractivity contribution is -0.137. The van der Waals surface area contributed by atoms with E-state index in [-0.39, 0.29) is 11.6 Å². The first kappa shape index (κ1) is 17.4. The summed E-state index contributed by atoms with van der Waals surface area (Å²) in [6.45, 7) is 1.97. The van der Waals surface area contributed by atoms with Gasteiger partial charge in [-0.05, 0) is 42.7 Å². The maximum Gasteiger partial charge on any atom is 0.417 e. The van der Waals surface area contributed by atoms with Gasteiger partial charge in [0.25, 0.3) is 5.56 Å². The third-order valence-electron chi connectivity index (χ3n) is 4.24. The zero-order valence-corrected chi connectivity index (χ0v) is 14.1. The monoisotopic (exact) mass is 365 g/mol. The summed E-state index contributed by atoms with van der Waals surface area (Å²) >= 11 is 1.21. The van der Waals surface area contributed by atoms with Crippen LogP contribution in [0.25, 0.3) is 10.6 Å². The summed E-state index contributed by atoms with van der Waals surface area (Å²) in [5, 5.41) is 15.2. The normalized spacial score (nSPS) is 19.3. The molecule has 0 radical (unpaired) electrons. The van der Waals surface area contributed by atoms with Crippen molar-refractivity contribution in [2.45, 2.75) is 32.4 Å². The van der Waals surface area contributed by atoms with E-state index in [1.807, 2.05) is 6.92 Å². The molecule has 1 atom stereocenters. The zero-order valence-electron chi connectivity index (χ0n) is 13.3. The molecule has 0 aromatic carbocycles. The number of alkyl halides is 3. The fraction of sp³-hybridized carbons (Fsp3) is 0.353. The van der Waals surface area contributed by atoms with Crippen molar-refractivity contribution in [1.29, 1.82) is 5.26 Å². The van der Waals surface area contributed by atoms with Crippen LogP contribution in [-0.2, 0) is 6.18 Å². The molecule has 3 rings (SSSR count). The largest absolute Gasteiger partial charge is 0.417 e. The first-order valence-electron chi connectivity index (χ1n) is 7.72. The molecular weight excluding hydrogens is 351 g/mol. The Morgan fingerprint density at radius 1 is 1.44 bits per heavy atom. The van der Waals surface area contributed by atoms with Gasteiger partial charge in [-0.1, -0.05) is 13.0 Å². The molecule has 2 heterocycles. The number of halogens is 3. The molecule has 1 fully saturated rings. The Bertz CT molecular complexity index is 920. The first-order chi connectivity index (χ1) is 11.8. The van der Waals surface area contributed by atoms with Gasteiger partial charge in [-0.3, -0.25) is 4.79 Å². The maximum absolute atomic E-state index is 13.3. The predicted molar refractivity (Wildman–Crippen MR) is 89.6 cm³/mol. The number of aromatic nitrogens is 1. The van der Waals surface area contributed by atoms with Crippen molar-refractivity contribution in [3.8, 4) is 16.6 Å². The number of rotatable bonds is 2. The predicted octanol–water partition coefficient (Wildman–Crippen LogP) is 4.49. The summed E-state index contributed by atoms with van der Waals surface area (Å²) in [5.41, 5.74) is -2.36. The SMILES string of the molecule is CC1CCCC1=Nn1c(-c2cccs2)cc(C(F)(F)F)c(C#N)c1=O. The lowest BCUT2D eigenvalue weighted by atomic mass is 10.1. The first-order valence-corrected chi connectivity index (χ1v) is 8.60. The van der Waals surface area contributed by atoms with E-state index >= 15 is 0 Å². The average molecular weight is 365 g/mol. The molecule has 4 nitrogen and oxygen atoms in total. The zero-order chi connectivity index (χ0) is 18.2. The summed E-state index contributed by atoms with van der Waals surface area (Å²) < 4.78 is 40.9. The van der Waals surface area contributed by atoms with E-state index in [1.165, 1.54) is 17.4 Å². The van der Waals surface area contributed by atoms with E-state index in [0.717, 1.165) is 29.3 Å². The van der Waals surface area contributed by atoms with Gasteiger partial charge in [-0.2, -0.15) is 28.2 Å². The highest BCUT2D eigenvalue weighted by molar-refractivity contribution is 7.13. The molecule has 130 valence electrons. The molecule has 1 unspecified atom stereocenters. The summed E-state index contributed by atoms with van der Waals surface area (Å²) in [4.78, 5) is 13.1. The molecule has 25 heavy (non-hydrogen) atoms. The second-order valence-electron chi connectivity index (χ2n) is 5.91. The topological polar surface area (TPSA) is 58.1 Å². The van der Waals surface area contributed by atoms with Gasteiger partial charge < -0.3 is 0 Å². The molecule has 0 bridgehead atoms. The van der Waals surface area contributed by atoms with Gasteiger partial charge in [0.05, 0.1) is 16.1 Å². The molecule has 1 aliphatic carbocycles. The van der Waals surface area contributed by atoms with Crippen LogP contribution < -0.4 is 5.56 Å². The number of hydrogen-bond donors (Lipinski definition) is 0. The fourth-order valence-corrected chi connectivity index (χ4v) is 3.64. The van der Waals surface area contributed by atoms with Crippen LogP contribution in [0.2, 0.25) is 0 Å². The molecular formula is C17H14F3N3OS. The fourth-order valence-electron chi connectivity index (χ4n) is 2.91. The molecule has 2 aromatic rings. The maximum atomic E-state index is 13.3. The Kier molecular flexibility index (Phi) is 4.52. The van der Waals surface area contributed by atoms with Gasteiger partial charge in [0.1, 0.15) is 11.6 Å². The minimum Gasteiger partial charge on any atom is -0.266 e. The van der Waals surface area contributed by atoms with Crippen LogP contribution in [0.4, 0.5) is 13.2 Å². The van der Waals surface area contributed by atoms with Crippen molar-refractivity contribution in [2.75, 3.05) is 0 Å². The minimum absolute atomic E-state index is 0.0536. The van der Waals surface area contributed by atoms with E-state index in [9.17, 15) is 18.0 Å². The van der Waals surface area contributed by atoms with Crippen molar-refractivity contribution < 1.29 is 13.2 Å². The highest BCUT2D eigenvalue weighted by Crippen LogP contribution is 2.35. The minimum atomic E-state index is -4.79. The van der Waals surface area contributed by atoms with E-state index in [4.69, 9.17) is 5.26 Å². The van der Waals surface area contributed by atoms with Crippen LogP contribution in [0, 0.1) is 17.2 Å². The smallest absolute Gasteiger partial charge is 0.266 e. The second-order valence-corrected chi connectivity index (χ2v) is 6.85. The third kappa shape index (κ3) is 3.24.